The zero-order valence-corrected chi connectivity index (χ0v) is 12.0. The smallest absolute Gasteiger partial charge is 0.410 e. The first-order valence-electron chi connectivity index (χ1n) is 6.57. The summed E-state index contributed by atoms with van der Waals surface area (Å²) in [5.74, 6) is 0.0741. The highest BCUT2D eigenvalue weighted by molar-refractivity contribution is 5.69. The van der Waals surface area contributed by atoms with Gasteiger partial charge in [-0.3, -0.25) is 4.98 Å². The maximum atomic E-state index is 11.8. The summed E-state index contributed by atoms with van der Waals surface area (Å²) < 4.78 is 5.27. The van der Waals surface area contributed by atoms with Crippen molar-refractivity contribution in [1.82, 2.24) is 9.88 Å². The molecule has 1 aromatic rings. The molecule has 0 spiro atoms. The van der Waals surface area contributed by atoms with E-state index in [4.69, 9.17) is 9.84 Å². The van der Waals surface area contributed by atoms with E-state index in [0.29, 0.717) is 24.5 Å². The van der Waals surface area contributed by atoms with Gasteiger partial charge in [-0.25, -0.2) is 4.79 Å². The average Bonchev–Trinajstić information content (AvgIpc) is 2.27. The van der Waals surface area contributed by atoms with Crippen molar-refractivity contribution < 1.29 is 19.7 Å². The number of ether oxygens (including phenoxy) is 1. The Morgan fingerprint density at radius 1 is 1.45 bits per heavy atom. The number of carbonyl (C=O) groups is 1. The molecule has 0 bridgehead atoms. The number of pyridine rings is 1. The zero-order chi connectivity index (χ0) is 14.9. The highest BCUT2D eigenvalue weighted by atomic mass is 16.6. The standard InChI is InChI=1S/C14H20N2O4/c1-14(2,3)20-13(19)16-6-9(7-16)12-11(18)5-4-10(8-17)15-12/h4-5,9,17-18H,6-8H2,1-3H3. The van der Waals surface area contributed by atoms with Gasteiger partial charge in [0.05, 0.1) is 18.0 Å². The molecule has 1 aromatic heterocycles. The van der Waals surface area contributed by atoms with Gasteiger partial charge in [-0.2, -0.15) is 0 Å². The lowest BCUT2D eigenvalue weighted by atomic mass is 9.95. The van der Waals surface area contributed by atoms with Crippen molar-refractivity contribution in [3.05, 3.63) is 23.5 Å². The molecule has 0 radical (unpaired) electrons. The predicted molar refractivity (Wildman–Crippen MR) is 72.4 cm³/mol. The number of rotatable bonds is 2. The van der Waals surface area contributed by atoms with Gasteiger partial charge in [0.25, 0.3) is 0 Å². The van der Waals surface area contributed by atoms with Gasteiger partial charge in [0, 0.05) is 19.0 Å². The van der Waals surface area contributed by atoms with Crippen LogP contribution in [0.15, 0.2) is 12.1 Å². The first-order chi connectivity index (χ1) is 9.30. The summed E-state index contributed by atoms with van der Waals surface area (Å²) in [4.78, 5) is 17.6. The summed E-state index contributed by atoms with van der Waals surface area (Å²) in [6, 6.07) is 3.09. The minimum Gasteiger partial charge on any atom is -0.506 e. The molecule has 0 saturated carbocycles. The summed E-state index contributed by atoms with van der Waals surface area (Å²) >= 11 is 0. The number of aliphatic hydroxyl groups excluding tert-OH is 1. The molecule has 1 aliphatic rings. The van der Waals surface area contributed by atoms with Crippen molar-refractivity contribution in [2.45, 2.75) is 38.9 Å². The van der Waals surface area contributed by atoms with Gasteiger partial charge in [0.2, 0.25) is 0 Å². The lowest BCUT2D eigenvalue weighted by Crippen LogP contribution is -2.50. The van der Waals surface area contributed by atoms with Gasteiger partial charge in [0.1, 0.15) is 11.4 Å². The molecule has 0 atom stereocenters. The molecule has 2 rings (SSSR count). The van der Waals surface area contributed by atoms with Crippen molar-refractivity contribution in [3.63, 3.8) is 0 Å². The third-order valence-electron chi connectivity index (χ3n) is 3.04. The van der Waals surface area contributed by atoms with Gasteiger partial charge in [-0.05, 0) is 32.9 Å². The molecule has 0 aromatic carbocycles. The van der Waals surface area contributed by atoms with E-state index in [9.17, 15) is 9.90 Å². The lowest BCUT2D eigenvalue weighted by molar-refractivity contribution is 0.00762. The topological polar surface area (TPSA) is 82.9 Å². The summed E-state index contributed by atoms with van der Waals surface area (Å²) in [6.07, 6.45) is -0.355. The van der Waals surface area contributed by atoms with Crippen molar-refractivity contribution in [2.75, 3.05) is 13.1 Å². The third kappa shape index (κ3) is 3.19. The molecule has 1 amide bonds. The van der Waals surface area contributed by atoms with Crippen LogP contribution in [0.4, 0.5) is 4.79 Å². The normalized spacial score (nSPS) is 15.9. The highest BCUT2D eigenvalue weighted by Crippen LogP contribution is 2.32. The van der Waals surface area contributed by atoms with Crippen LogP contribution in [0.2, 0.25) is 0 Å². The SMILES string of the molecule is CC(C)(C)OC(=O)N1CC(c2nc(CO)ccc2O)C1. The Balaban J connectivity index is 1.98. The molecule has 20 heavy (non-hydrogen) atoms. The largest absolute Gasteiger partial charge is 0.506 e. The van der Waals surface area contributed by atoms with E-state index in [1.165, 1.54) is 6.07 Å². The lowest BCUT2D eigenvalue weighted by Gasteiger charge is -2.39. The monoisotopic (exact) mass is 280 g/mol. The number of hydrogen-bond donors (Lipinski definition) is 2. The maximum Gasteiger partial charge on any atom is 0.410 e. The van der Waals surface area contributed by atoms with Gasteiger partial charge < -0.3 is 19.8 Å². The molecule has 1 fully saturated rings. The quantitative estimate of drug-likeness (QED) is 0.860. The van der Waals surface area contributed by atoms with Crippen molar-refractivity contribution in [1.29, 1.82) is 0 Å². The second-order valence-corrected chi connectivity index (χ2v) is 5.95. The van der Waals surface area contributed by atoms with E-state index < -0.39 is 5.60 Å². The van der Waals surface area contributed by atoms with Gasteiger partial charge in [0.15, 0.2) is 0 Å². The van der Waals surface area contributed by atoms with Crippen molar-refractivity contribution in [3.8, 4) is 5.75 Å². The van der Waals surface area contributed by atoms with Gasteiger partial charge >= 0.3 is 6.09 Å². The van der Waals surface area contributed by atoms with Crippen molar-refractivity contribution in [2.24, 2.45) is 0 Å². The molecule has 6 nitrogen and oxygen atoms in total. The Morgan fingerprint density at radius 3 is 2.65 bits per heavy atom. The van der Waals surface area contributed by atoms with Crippen LogP contribution in [-0.4, -0.2) is 44.9 Å². The van der Waals surface area contributed by atoms with E-state index in [-0.39, 0.29) is 24.4 Å². The Bertz CT molecular complexity index is 504. The third-order valence-corrected chi connectivity index (χ3v) is 3.04. The van der Waals surface area contributed by atoms with Gasteiger partial charge in [-0.1, -0.05) is 0 Å². The first kappa shape index (κ1) is 14.6. The minimum absolute atomic E-state index is 0.0194. The summed E-state index contributed by atoms with van der Waals surface area (Å²) in [6.45, 7) is 6.21. The predicted octanol–water partition coefficient (Wildman–Crippen LogP) is 1.61. The molecule has 2 heterocycles. The molecular formula is C14H20N2O4. The van der Waals surface area contributed by atoms with E-state index in [1.807, 2.05) is 20.8 Å². The number of aromatic hydroxyl groups is 1. The zero-order valence-electron chi connectivity index (χ0n) is 12.0. The van der Waals surface area contributed by atoms with Crippen molar-refractivity contribution >= 4 is 6.09 Å². The van der Waals surface area contributed by atoms with Crippen LogP contribution >= 0.6 is 0 Å². The van der Waals surface area contributed by atoms with Crippen LogP contribution in [0.3, 0.4) is 0 Å². The van der Waals surface area contributed by atoms with Crippen LogP contribution in [0.25, 0.3) is 0 Å². The number of aliphatic hydroxyl groups is 1. The molecule has 0 unspecified atom stereocenters. The molecule has 2 N–H and O–H groups in total. The number of nitrogens with zero attached hydrogens (tertiary/aromatic N) is 2. The molecule has 6 heteroatoms. The fourth-order valence-electron chi connectivity index (χ4n) is 2.03. The minimum atomic E-state index is -0.515. The molecule has 1 aliphatic heterocycles. The Labute approximate surface area is 118 Å². The average molecular weight is 280 g/mol. The second kappa shape index (κ2) is 5.28. The maximum absolute atomic E-state index is 11.8. The fraction of sp³-hybridized carbons (Fsp3) is 0.571. The Hall–Kier alpha value is -1.82. The van der Waals surface area contributed by atoms with Gasteiger partial charge in [-0.15, -0.1) is 0 Å². The first-order valence-corrected chi connectivity index (χ1v) is 6.57. The molecule has 1 saturated heterocycles. The fourth-order valence-corrected chi connectivity index (χ4v) is 2.03. The molecule has 0 aliphatic carbocycles. The highest BCUT2D eigenvalue weighted by Gasteiger charge is 2.36. The van der Waals surface area contributed by atoms with E-state index in [0.717, 1.165) is 0 Å². The van der Waals surface area contributed by atoms with Crippen LogP contribution in [0, 0.1) is 0 Å². The summed E-state index contributed by atoms with van der Waals surface area (Å²) in [5.41, 5.74) is 0.518. The molecule has 110 valence electrons. The Morgan fingerprint density at radius 2 is 2.10 bits per heavy atom. The second-order valence-electron chi connectivity index (χ2n) is 5.95. The Kier molecular flexibility index (Phi) is 3.85. The van der Waals surface area contributed by atoms with E-state index in [1.54, 1.807) is 11.0 Å². The van der Waals surface area contributed by atoms with E-state index >= 15 is 0 Å². The molecular weight excluding hydrogens is 260 g/mol. The number of carbonyl (C=O) groups excluding carboxylic acids is 1. The summed E-state index contributed by atoms with van der Waals surface area (Å²) in [7, 11) is 0. The number of aromatic nitrogens is 1. The number of hydrogen-bond acceptors (Lipinski definition) is 5. The summed E-state index contributed by atoms with van der Waals surface area (Å²) in [5, 5.41) is 18.9. The van der Waals surface area contributed by atoms with Crippen LogP contribution in [0.1, 0.15) is 38.1 Å². The van der Waals surface area contributed by atoms with E-state index in [2.05, 4.69) is 4.98 Å². The van der Waals surface area contributed by atoms with Crippen LogP contribution in [-0.2, 0) is 11.3 Å². The van der Waals surface area contributed by atoms with Crippen LogP contribution < -0.4 is 0 Å². The van der Waals surface area contributed by atoms with Crippen LogP contribution in [0.5, 0.6) is 5.75 Å². The number of likely N-dealkylation sites (tertiary alicyclic amines) is 1. The number of amides is 1.